The number of nitrogen functional groups attached to an aromatic ring is 2. The van der Waals surface area contributed by atoms with Crippen LogP contribution in [0.15, 0.2) is 6.33 Å². The molecule has 0 spiro atoms. The van der Waals surface area contributed by atoms with E-state index in [0.29, 0.717) is 11.2 Å². The SMILES string of the molecule is Nc1nc(N)c2ncn(CCOCP(=O)(O)OCC(O)CO)c2n1. The van der Waals surface area contributed by atoms with Gasteiger partial charge in [0.05, 0.1) is 26.1 Å². The molecule has 0 aromatic carbocycles. The molecular formula is C11H19N6O6P. The Bertz CT molecular complexity index is 739. The Labute approximate surface area is 136 Å². The minimum absolute atomic E-state index is 0.0124. The van der Waals surface area contributed by atoms with Crippen molar-refractivity contribution < 1.29 is 28.9 Å². The summed E-state index contributed by atoms with van der Waals surface area (Å²) in [7, 11) is -4.01. The normalized spacial score (nSPS) is 15.5. The Balaban J connectivity index is 1.85. The fraction of sp³-hybridized carbons (Fsp3) is 0.545. The number of fused-ring (bicyclic) bond motifs is 1. The van der Waals surface area contributed by atoms with Crippen LogP contribution >= 0.6 is 7.60 Å². The minimum atomic E-state index is -4.01. The van der Waals surface area contributed by atoms with Crippen LogP contribution in [-0.4, -0.2) is 66.9 Å². The molecule has 12 nitrogen and oxygen atoms in total. The van der Waals surface area contributed by atoms with E-state index >= 15 is 0 Å². The number of anilines is 2. The molecule has 2 unspecified atom stereocenters. The van der Waals surface area contributed by atoms with Crippen LogP contribution in [0.1, 0.15) is 0 Å². The van der Waals surface area contributed by atoms with Crippen LogP contribution in [0.2, 0.25) is 0 Å². The van der Waals surface area contributed by atoms with Crippen molar-refractivity contribution in [3.63, 3.8) is 0 Å². The Morgan fingerprint density at radius 3 is 2.83 bits per heavy atom. The van der Waals surface area contributed by atoms with Gasteiger partial charge in [-0.1, -0.05) is 0 Å². The molecule has 24 heavy (non-hydrogen) atoms. The molecule has 2 rings (SSSR count). The van der Waals surface area contributed by atoms with Crippen LogP contribution in [0, 0.1) is 0 Å². The first kappa shape index (κ1) is 18.5. The summed E-state index contributed by atoms with van der Waals surface area (Å²) in [4.78, 5) is 21.4. The maximum Gasteiger partial charge on any atom is 0.353 e. The summed E-state index contributed by atoms with van der Waals surface area (Å²) in [6, 6.07) is 0. The molecule has 2 aromatic heterocycles. The molecule has 7 N–H and O–H groups in total. The number of hydrogen-bond donors (Lipinski definition) is 5. The number of nitrogens with two attached hydrogens (primary N) is 2. The Hall–Kier alpha value is -1.82. The van der Waals surface area contributed by atoms with Gasteiger partial charge in [0.2, 0.25) is 5.95 Å². The summed E-state index contributed by atoms with van der Waals surface area (Å²) in [5.74, 6) is 0.172. The van der Waals surface area contributed by atoms with E-state index in [1.165, 1.54) is 6.33 Å². The quantitative estimate of drug-likeness (QED) is 0.258. The third-order valence-electron chi connectivity index (χ3n) is 2.92. The number of rotatable bonds is 9. The number of aromatic nitrogens is 4. The highest BCUT2D eigenvalue weighted by Crippen LogP contribution is 2.41. The molecule has 0 amide bonds. The van der Waals surface area contributed by atoms with Gasteiger partial charge < -0.3 is 40.4 Å². The summed E-state index contributed by atoms with van der Waals surface area (Å²) >= 11 is 0. The second-order valence-corrected chi connectivity index (χ2v) is 6.68. The fourth-order valence-electron chi connectivity index (χ4n) is 1.78. The lowest BCUT2D eigenvalue weighted by Crippen LogP contribution is -2.19. The summed E-state index contributed by atoms with van der Waals surface area (Å²) in [6.45, 7) is -0.671. The smallest absolute Gasteiger partial charge is 0.353 e. The van der Waals surface area contributed by atoms with Crippen molar-refractivity contribution in [3.8, 4) is 0 Å². The van der Waals surface area contributed by atoms with E-state index in [1.807, 2.05) is 0 Å². The van der Waals surface area contributed by atoms with E-state index < -0.39 is 33.3 Å². The van der Waals surface area contributed by atoms with Gasteiger partial charge >= 0.3 is 7.60 Å². The molecule has 0 aliphatic heterocycles. The van der Waals surface area contributed by atoms with Crippen LogP contribution in [0.3, 0.4) is 0 Å². The first-order valence-corrected chi connectivity index (χ1v) is 8.65. The molecule has 2 heterocycles. The van der Waals surface area contributed by atoms with Crippen molar-refractivity contribution in [2.75, 3.05) is 37.6 Å². The largest absolute Gasteiger partial charge is 0.394 e. The molecule has 0 radical (unpaired) electrons. The Kier molecular flexibility index (Phi) is 6.04. The lowest BCUT2D eigenvalue weighted by atomic mass is 10.4. The van der Waals surface area contributed by atoms with Crippen molar-refractivity contribution >= 4 is 30.5 Å². The average molecular weight is 362 g/mol. The van der Waals surface area contributed by atoms with Gasteiger partial charge in [-0.25, -0.2) is 4.98 Å². The maximum absolute atomic E-state index is 11.6. The Morgan fingerprint density at radius 2 is 2.12 bits per heavy atom. The van der Waals surface area contributed by atoms with Gasteiger partial charge in [-0.2, -0.15) is 9.97 Å². The van der Waals surface area contributed by atoms with Crippen molar-refractivity contribution in [2.24, 2.45) is 0 Å². The van der Waals surface area contributed by atoms with E-state index in [4.69, 9.17) is 26.4 Å². The molecule has 0 bridgehead atoms. The molecular weight excluding hydrogens is 343 g/mol. The van der Waals surface area contributed by atoms with E-state index in [-0.39, 0.29) is 24.9 Å². The van der Waals surface area contributed by atoms with Crippen LogP contribution in [0.25, 0.3) is 11.2 Å². The fourth-order valence-corrected chi connectivity index (χ4v) is 2.62. The zero-order valence-electron chi connectivity index (χ0n) is 12.6. The second-order valence-electron chi connectivity index (χ2n) is 4.88. The number of imidazole rings is 1. The van der Waals surface area contributed by atoms with E-state index in [2.05, 4.69) is 19.5 Å². The van der Waals surface area contributed by atoms with Gasteiger partial charge in [0.15, 0.2) is 11.5 Å². The van der Waals surface area contributed by atoms with Crippen molar-refractivity contribution in [1.29, 1.82) is 0 Å². The van der Waals surface area contributed by atoms with Crippen LogP contribution in [-0.2, 0) is 20.4 Å². The number of ether oxygens (including phenoxy) is 1. The average Bonchev–Trinajstić information content (AvgIpc) is 2.92. The van der Waals surface area contributed by atoms with Crippen molar-refractivity contribution in [3.05, 3.63) is 6.33 Å². The van der Waals surface area contributed by atoms with Crippen molar-refractivity contribution in [1.82, 2.24) is 19.5 Å². The highest BCUT2D eigenvalue weighted by Gasteiger charge is 2.21. The number of hydrogen-bond acceptors (Lipinski definition) is 10. The Morgan fingerprint density at radius 1 is 1.38 bits per heavy atom. The van der Waals surface area contributed by atoms with Crippen LogP contribution < -0.4 is 11.5 Å². The van der Waals surface area contributed by atoms with Crippen molar-refractivity contribution in [2.45, 2.75) is 12.6 Å². The molecule has 0 aliphatic rings. The first-order valence-electron chi connectivity index (χ1n) is 6.89. The summed E-state index contributed by atoms with van der Waals surface area (Å²) in [6.07, 6.45) is -0.305. The van der Waals surface area contributed by atoms with Gasteiger partial charge in [-0.05, 0) is 0 Å². The zero-order valence-corrected chi connectivity index (χ0v) is 13.5. The van der Waals surface area contributed by atoms with E-state index in [9.17, 15) is 9.46 Å². The number of aliphatic hydroxyl groups is 2. The van der Waals surface area contributed by atoms with Gasteiger partial charge in [0.25, 0.3) is 0 Å². The molecule has 0 fully saturated rings. The summed E-state index contributed by atoms with van der Waals surface area (Å²) in [5, 5.41) is 17.7. The molecule has 134 valence electrons. The second kappa shape index (κ2) is 7.83. The molecule has 0 saturated carbocycles. The third-order valence-corrected chi connectivity index (χ3v) is 3.98. The topological polar surface area (TPSA) is 192 Å². The molecule has 0 saturated heterocycles. The third kappa shape index (κ3) is 4.84. The lowest BCUT2D eigenvalue weighted by Gasteiger charge is -2.14. The highest BCUT2D eigenvalue weighted by atomic mass is 31.2. The standard InChI is InChI=1S/C11H19N6O6P/c12-9-8-10(16-11(13)15-9)17(5-14-8)1-2-22-6-24(20,21)23-4-7(19)3-18/h5,7,18-19H,1-4,6H2,(H,20,21)(H4,12,13,15,16). The predicted octanol–water partition coefficient (Wildman–Crippen LogP) is -1.48. The van der Waals surface area contributed by atoms with Gasteiger partial charge in [-0.3, -0.25) is 4.57 Å². The monoisotopic (exact) mass is 362 g/mol. The molecule has 2 aromatic rings. The highest BCUT2D eigenvalue weighted by molar-refractivity contribution is 7.52. The minimum Gasteiger partial charge on any atom is -0.394 e. The number of aliphatic hydroxyl groups excluding tert-OH is 2. The van der Waals surface area contributed by atoms with Gasteiger partial charge in [0.1, 0.15) is 18.0 Å². The number of nitrogens with zero attached hydrogens (tertiary/aromatic N) is 4. The van der Waals surface area contributed by atoms with E-state index in [1.54, 1.807) is 4.57 Å². The van der Waals surface area contributed by atoms with Gasteiger partial charge in [-0.15, -0.1) is 0 Å². The van der Waals surface area contributed by atoms with E-state index in [0.717, 1.165) is 0 Å². The maximum atomic E-state index is 11.6. The molecule has 13 heteroatoms. The summed E-state index contributed by atoms with van der Waals surface area (Å²) < 4.78 is 23.0. The predicted molar refractivity (Wildman–Crippen MR) is 83.8 cm³/mol. The molecule has 2 atom stereocenters. The summed E-state index contributed by atoms with van der Waals surface area (Å²) in [5.41, 5.74) is 12.1. The molecule has 0 aliphatic carbocycles. The van der Waals surface area contributed by atoms with Crippen LogP contribution in [0.5, 0.6) is 0 Å². The van der Waals surface area contributed by atoms with Gasteiger partial charge in [0, 0.05) is 6.54 Å². The van der Waals surface area contributed by atoms with Crippen LogP contribution in [0.4, 0.5) is 11.8 Å². The first-order chi connectivity index (χ1) is 11.3. The lowest BCUT2D eigenvalue weighted by molar-refractivity contribution is 0.0449. The zero-order chi connectivity index (χ0) is 17.7.